The van der Waals surface area contributed by atoms with Gasteiger partial charge in [-0.1, -0.05) is 19.9 Å². The number of hydrogen-bond acceptors (Lipinski definition) is 3. The van der Waals surface area contributed by atoms with Gasteiger partial charge in [-0.05, 0) is 55.7 Å². The normalized spacial score (nSPS) is 25.6. The number of hydrogen-bond donors (Lipinski definition) is 1. The predicted octanol–water partition coefficient (Wildman–Crippen LogP) is 4.01. The molecule has 1 N–H and O–H groups in total. The van der Waals surface area contributed by atoms with Crippen molar-refractivity contribution in [1.82, 2.24) is 5.32 Å². The smallest absolute Gasteiger partial charge is 0.161 e. The SMILES string of the molecule is CCOc1ccc(CNC2CCC(C)CC2C)cc1OC. The van der Waals surface area contributed by atoms with Crippen molar-refractivity contribution < 1.29 is 9.47 Å². The third-order valence-corrected chi connectivity index (χ3v) is 4.53. The molecule has 1 aliphatic rings. The van der Waals surface area contributed by atoms with E-state index in [0.29, 0.717) is 12.6 Å². The van der Waals surface area contributed by atoms with Crippen LogP contribution in [0.5, 0.6) is 11.5 Å². The highest BCUT2D eigenvalue weighted by Crippen LogP contribution is 2.30. The number of benzene rings is 1. The van der Waals surface area contributed by atoms with E-state index in [0.717, 1.165) is 29.9 Å². The van der Waals surface area contributed by atoms with Gasteiger partial charge in [0, 0.05) is 12.6 Å². The highest BCUT2D eigenvalue weighted by Gasteiger charge is 2.24. The van der Waals surface area contributed by atoms with Crippen molar-refractivity contribution in [3.63, 3.8) is 0 Å². The molecular formula is C18H29NO2. The van der Waals surface area contributed by atoms with Crippen LogP contribution >= 0.6 is 0 Å². The average Bonchev–Trinajstić information content (AvgIpc) is 2.47. The minimum absolute atomic E-state index is 0.638. The third-order valence-electron chi connectivity index (χ3n) is 4.53. The molecule has 3 unspecified atom stereocenters. The summed E-state index contributed by atoms with van der Waals surface area (Å²) in [5, 5.41) is 3.71. The first-order valence-corrected chi connectivity index (χ1v) is 8.17. The standard InChI is InChI=1S/C18H29NO2/c1-5-21-17-9-7-15(11-18(17)20-4)12-19-16-8-6-13(2)10-14(16)3/h7,9,11,13-14,16,19H,5-6,8,10,12H2,1-4H3. The van der Waals surface area contributed by atoms with Crippen LogP contribution < -0.4 is 14.8 Å². The van der Waals surface area contributed by atoms with Gasteiger partial charge in [0.1, 0.15) is 0 Å². The first-order chi connectivity index (χ1) is 10.1. The van der Waals surface area contributed by atoms with Crippen LogP contribution in [0, 0.1) is 11.8 Å². The van der Waals surface area contributed by atoms with Crippen LogP contribution in [0.2, 0.25) is 0 Å². The molecule has 0 bridgehead atoms. The van der Waals surface area contributed by atoms with Crippen LogP contribution in [0.4, 0.5) is 0 Å². The summed E-state index contributed by atoms with van der Waals surface area (Å²) in [7, 11) is 1.69. The Balaban J connectivity index is 1.94. The molecule has 0 heterocycles. The second kappa shape index (κ2) is 7.69. The Kier molecular flexibility index (Phi) is 5.92. The molecule has 1 saturated carbocycles. The Hall–Kier alpha value is -1.22. The van der Waals surface area contributed by atoms with Gasteiger partial charge in [-0.15, -0.1) is 0 Å². The van der Waals surface area contributed by atoms with Crippen LogP contribution in [0.15, 0.2) is 18.2 Å². The van der Waals surface area contributed by atoms with Gasteiger partial charge in [-0.25, -0.2) is 0 Å². The third kappa shape index (κ3) is 4.37. The van der Waals surface area contributed by atoms with Gasteiger partial charge < -0.3 is 14.8 Å². The van der Waals surface area contributed by atoms with Gasteiger partial charge in [0.25, 0.3) is 0 Å². The zero-order chi connectivity index (χ0) is 15.2. The van der Waals surface area contributed by atoms with Gasteiger partial charge in [-0.2, -0.15) is 0 Å². The van der Waals surface area contributed by atoms with E-state index in [1.54, 1.807) is 7.11 Å². The molecule has 0 saturated heterocycles. The number of nitrogens with one attached hydrogen (secondary N) is 1. The van der Waals surface area contributed by atoms with Crippen molar-refractivity contribution in [2.24, 2.45) is 11.8 Å². The van der Waals surface area contributed by atoms with Crippen molar-refractivity contribution in [1.29, 1.82) is 0 Å². The Bertz CT molecular complexity index is 447. The topological polar surface area (TPSA) is 30.5 Å². The molecule has 1 aliphatic carbocycles. The van der Waals surface area contributed by atoms with Crippen molar-refractivity contribution in [3.05, 3.63) is 23.8 Å². The summed E-state index contributed by atoms with van der Waals surface area (Å²) >= 11 is 0. The lowest BCUT2D eigenvalue weighted by atomic mass is 9.80. The van der Waals surface area contributed by atoms with Crippen molar-refractivity contribution >= 4 is 0 Å². The van der Waals surface area contributed by atoms with E-state index in [9.17, 15) is 0 Å². The lowest BCUT2D eigenvalue weighted by Crippen LogP contribution is -2.38. The molecule has 2 rings (SSSR count). The van der Waals surface area contributed by atoms with E-state index in [1.165, 1.54) is 24.8 Å². The fourth-order valence-corrected chi connectivity index (χ4v) is 3.31. The fraction of sp³-hybridized carbons (Fsp3) is 0.667. The minimum atomic E-state index is 0.638. The maximum Gasteiger partial charge on any atom is 0.161 e. The summed E-state index contributed by atoms with van der Waals surface area (Å²) in [6, 6.07) is 6.84. The molecule has 3 atom stereocenters. The van der Waals surface area contributed by atoms with Gasteiger partial charge in [-0.3, -0.25) is 0 Å². The quantitative estimate of drug-likeness (QED) is 0.859. The van der Waals surface area contributed by atoms with Gasteiger partial charge in [0.15, 0.2) is 11.5 Å². The summed E-state index contributed by atoms with van der Waals surface area (Å²) in [5.74, 6) is 3.28. The van der Waals surface area contributed by atoms with Crippen molar-refractivity contribution in [3.8, 4) is 11.5 Å². The number of rotatable bonds is 6. The second-order valence-corrected chi connectivity index (χ2v) is 6.30. The summed E-state index contributed by atoms with van der Waals surface area (Å²) in [6.07, 6.45) is 3.97. The molecule has 0 radical (unpaired) electrons. The molecule has 0 amide bonds. The second-order valence-electron chi connectivity index (χ2n) is 6.30. The lowest BCUT2D eigenvalue weighted by Gasteiger charge is -2.33. The molecule has 1 aromatic carbocycles. The van der Waals surface area contributed by atoms with Crippen molar-refractivity contribution in [2.75, 3.05) is 13.7 Å². The highest BCUT2D eigenvalue weighted by atomic mass is 16.5. The van der Waals surface area contributed by atoms with E-state index in [4.69, 9.17) is 9.47 Å². The van der Waals surface area contributed by atoms with E-state index in [1.807, 2.05) is 13.0 Å². The van der Waals surface area contributed by atoms with Crippen LogP contribution in [0.25, 0.3) is 0 Å². The highest BCUT2D eigenvalue weighted by molar-refractivity contribution is 5.42. The summed E-state index contributed by atoms with van der Waals surface area (Å²) < 4.78 is 11.0. The largest absolute Gasteiger partial charge is 0.493 e. The van der Waals surface area contributed by atoms with Crippen molar-refractivity contribution in [2.45, 2.75) is 52.6 Å². The maximum atomic E-state index is 5.56. The fourth-order valence-electron chi connectivity index (χ4n) is 3.31. The minimum Gasteiger partial charge on any atom is -0.493 e. The van der Waals surface area contributed by atoms with Crippen LogP contribution in [0.3, 0.4) is 0 Å². The molecule has 1 fully saturated rings. The molecule has 0 spiro atoms. The Morgan fingerprint density at radius 2 is 2.00 bits per heavy atom. The van der Waals surface area contributed by atoms with E-state index in [-0.39, 0.29) is 0 Å². The Morgan fingerprint density at radius 3 is 2.67 bits per heavy atom. The molecule has 21 heavy (non-hydrogen) atoms. The molecule has 1 aromatic rings. The lowest BCUT2D eigenvalue weighted by molar-refractivity contribution is 0.227. The van der Waals surface area contributed by atoms with Crippen LogP contribution in [0.1, 0.15) is 45.6 Å². The first-order valence-electron chi connectivity index (χ1n) is 8.17. The Labute approximate surface area is 129 Å². The zero-order valence-electron chi connectivity index (χ0n) is 13.8. The van der Waals surface area contributed by atoms with Gasteiger partial charge in [0.05, 0.1) is 13.7 Å². The zero-order valence-corrected chi connectivity index (χ0v) is 13.8. The molecule has 0 aromatic heterocycles. The average molecular weight is 291 g/mol. The Morgan fingerprint density at radius 1 is 1.19 bits per heavy atom. The van der Waals surface area contributed by atoms with Gasteiger partial charge >= 0.3 is 0 Å². The van der Waals surface area contributed by atoms with E-state index in [2.05, 4.69) is 31.3 Å². The molecular weight excluding hydrogens is 262 g/mol. The molecule has 3 nitrogen and oxygen atoms in total. The van der Waals surface area contributed by atoms with Crippen LogP contribution in [-0.2, 0) is 6.54 Å². The number of ether oxygens (including phenoxy) is 2. The first kappa shape index (κ1) is 16.2. The van der Waals surface area contributed by atoms with Crippen LogP contribution in [-0.4, -0.2) is 19.8 Å². The maximum absolute atomic E-state index is 5.56. The summed E-state index contributed by atoms with van der Waals surface area (Å²) in [6.45, 7) is 8.27. The van der Waals surface area contributed by atoms with Gasteiger partial charge in [0.2, 0.25) is 0 Å². The molecule has 118 valence electrons. The summed E-state index contributed by atoms with van der Waals surface area (Å²) in [5.41, 5.74) is 1.25. The monoisotopic (exact) mass is 291 g/mol. The molecule has 3 heteroatoms. The summed E-state index contributed by atoms with van der Waals surface area (Å²) in [4.78, 5) is 0. The van der Waals surface area contributed by atoms with E-state index < -0.39 is 0 Å². The molecule has 0 aliphatic heterocycles. The van der Waals surface area contributed by atoms with E-state index >= 15 is 0 Å². The number of methoxy groups -OCH3 is 1. The predicted molar refractivity (Wildman–Crippen MR) is 87.0 cm³/mol.